The van der Waals surface area contributed by atoms with E-state index in [0.717, 1.165) is 0 Å². The molecule has 0 N–H and O–H groups in total. The van der Waals surface area contributed by atoms with E-state index in [9.17, 15) is 14.4 Å². The lowest BCUT2D eigenvalue weighted by molar-refractivity contribution is -0.167. The summed E-state index contributed by atoms with van der Waals surface area (Å²) in [5, 5.41) is 0.351. The van der Waals surface area contributed by atoms with Crippen LogP contribution >= 0.6 is 11.6 Å². The van der Waals surface area contributed by atoms with Crippen molar-refractivity contribution < 1.29 is 23.9 Å². The Morgan fingerprint density at radius 3 is 2.30 bits per heavy atom. The van der Waals surface area contributed by atoms with E-state index in [-0.39, 0.29) is 25.5 Å². The van der Waals surface area contributed by atoms with Crippen LogP contribution in [-0.2, 0) is 29.3 Å². The standard InChI is InChI=1S/C16H18ClNO5/c1-4-22-14(20)16(15(21)23-5-2)9-13(19)18(3)12-7-6-10(17)8-11(12)16/h6-8H,4-5,9H2,1-3H3. The molecule has 0 atom stereocenters. The summed E-state index contributed by atoms with van der Waals surface area (Å²) in [6.45, 7) is 3.43. The highest BCUT2D eigenvalue weighted by atomic mass is 35.5. The smallest absolute Gasteiger partial charge is 0.328 e. The predicted octanol–water partition coefficient (Wildman–Crippen LogP) is 2.07. The maximum atomic E-state index is 12.6. The molecule has 1 aromatic carbocycles. The topological polar surface area (TPSA) is 72.9 Å². The second-order valence-corrected chi connectivity index (χ2v) is 5.57. The largest absolute Gasteiger partial charge is 0.465 e. The minimum Gasteiger partial charge on any atom is -0.465 e. The second kappa shape index (κ2) is 6.58. The molecule has 1 heterocycles. The Kier molecular flexibility index (Phi) is 4.94. The average Bonchev–Trinajstić information content (AvgIpc) is 2.51. The van der Waals surface area contributed by atoms with Gasteiger partial charge in [-0.3, -0.25) is 14.4 Å². The maximum absolute atomic E-state index is 12.6. The number of amides is 1. The van der Waals surface area contributed by atoms with Gasteiger partial charge in [0.15, 0.2) is 0 Å². The van der Waals surface area contributed by atoms with E-state index in [1.54, 1.807) is 33.0 Å². The van der Waals surface area contributed by atoms with Gasteiger partial charge < -0.3 is 14.4 Å². The van der Waals surface area contributed by atoms with Gasteiger partial charge >= 0.3 is 11.9 Å². The van der Waals surface area contributed by atoms with Gasteiger partial charge in [0, 0.05) is 23.3 Å². The van der Waals surface area contributed by atoms with Crippen molar-refractivity contribution in [2.24, 2.45) is 0 Å². The molecule has 0 radical (unpaired) electrons. The minimum atomic E-state index is -1.82. The Balaban J connectivity index is 2.73. The lowest BCUT2D eigenvalue weighted by Crippen LogP contribution is -2.53. The van der Waals surface area contributed by atoms with Gasteiger partial charge in [0.25, 0.3) is 0 Å². The fourth-order valence-corrected chi connectivity index (χ4v) is 2.85. The van der Waals surface area contributed by atoms with Crippen LogP contribution in [0.15, 0.2) is 18.2 Å². The molecule has 1 aromatic rings. The van der Waals surface area contributed by atoms with Crippen molar-refractivity contribution in [3.63, 3.8) is 0 Å². The lowest BCUT2D eigenvalue weighted by atomic mass is 9.73. The minimum absolute atomic E-state index is 0.0833. The van der Waals surface area contributed by atoms with E-state index in [0.29, 0.717) is 16.3 Å². The van der Waals surface area contributed by atoms with Crippen LogP contribution in [0.1, 0.15) is 25.8 Å². The number of hydrogen-bond donors (Lipinski definition) is 0. The number of rotatable bonds is 4. The zero-order valence-electron chi connectivity index (χ0n) is 13.2. The summed E-state index contributed by atoms with van der Waals surface area (Å²) < 4.78 is 10.2. The Hall–Kier alpha value is -2.08. The van der Waals surface area contributed by atoms with E-state index in [1.165, 1.54) is 11.0 Å². The van der Waals surface area contributed by atoms with Gasteiger partial charge in [0.05, 0.1) is 19.6 Å². The fraction of sp³-hybridized carbons (Fsp3) is 0.438. The number of nitrogens with zero attached hydrogens (tertiary/aromatic N) is 1. The van der Waals surface area contributed by atoms with Gasteiger partial charge in [0.2, 0.25) is 11.3 Å². The number of ether oxygens (including phenoxy) is 2. The zero-order chi connectivity index (χ0) is 17.2. The summed E-state index contributed by atoms with van der Waals surface area (Å²) in [6.07, 6.45) is -0.353. The molecule has 0 saturated heterocycles. The molecule has 0 aliphatic carbocycles. The molecule has 1 aliphatic heterocycles. The highest BCUT2D eigenvalue weighted by Gasteiger charge is 2.56. The molecule has 6 nitrogen and oxygen atoms in total. The first-order valence-corrected chi connectivity index (χ1v) is 7.67. The van der Waals surface area contributed by atoms with Crippen molar-refractivity contribution in [1.29, 1.82) is 0 Å². The van der Waals surface area contributed by atoms with Crippen LogP contribution in [-0.4, -0.2) is 38.1 Å². The normalized spacial score (nSPS) is 15.8. The number of carbonyl (C=O) groups is 3. The molecule has 124 valence electrons. The Morgan fingerprint density at radius 1 is 1.22 bits per heavy atom. The van der Waals surface area contributed by atoms with Crippen LogP contribution < -0.4 is 4.90 Å². The van der Waals surface area contributed by atoms with Gasteiger partial charge in [-0.15, -0.1) is 0 Å². The summed E-state index contributed by atoms with van der Waals surface area (Å²) in [5.74, 6) is -1.98. The maximum Gasteiger partial charge on any atom is 0.328 e. The summed E-state index contributed by atoms with van der Waals surface area (Å²) in [5.41, 5.74) is -1.06. The van der Waals surface area contributed by atoms with E-state index < -0.39 is 17.4 Å². The fourth-order valence-electron chi connectivity index (χ4n) is 2.67. The van der Waals surface area contributed by atoms with Gasteiger partial charge in [-0.2, -0.15) is 0 Å². The molecule has 1 amide bonds. The predicted molar refractivity (Wildman–Crippen MR) is 84.4 cm³/mol. The Bertz CT molecular complexity index is 640. The Labute approximate surface area is 139 Å². The number of carbonyl (C=O) groups excluding carboxylic acids is 3. The van der Waals surface area contributed by atoms with Gasteiger partial charge in [-0.1, -0.05) is 11.6 Å². The molecule has 0 unspecified atom stereocenters. The lowest BCUT2D eigenvalue weighted by Gasteiger charge is -2.37. The zero-order valence-corrected chi connectivity index (χ0v) is 14.0. The summed E-state index contributed by atoms with van der Waals surface area (Å²) in [7, 11) is 1.58. The second-order valence-electron chi connectivity index (χ2n) is 5.14. The molecular weight excluding hydrogens is 322 g/mol. The number of benzene rings is 1. The Morgan fingerprint density at radius 2 is 1.78 bits per heavy atom. The van der Waals surface area contributed by atoms with Crippen LogP contribution in [0.5, 0.6) is 0 Å². The van der Waals surface area contributed by atoms with Crippen molar-refractivity contribution in [1.82, 2.24) is 0 Å². The first kappa shape index (κ1) is 17.3. The molecule has 7 heteroatoms. The molecule has 0 bridgehead atoms. The molecular formula is C16H18ClNO5. The third-order valence-corrected chi connectivity index (χ3v) is 4.05. The van der Waals surface area contributed by atoms with Gasteiger partial charge in [-0.25, -0.2) is 0 Å². The van der Waals surface area contributed by atoms with Gasteiger partial charge in [0.1, 0.15) is 0 Å². The molecule has 0 fully saturated rings. The van der Waals surface area contributed by atoms with Crippen LogP contribution in [0, 0.1) is 0 Å². The van der Waals surface area contributed by atoms with Crippen molar-refractivity contribution in [3.05, 3.63) is 28.8 Å². The highest BCUT2D eigenvalue weighted by Crippen LogP contribution is 2.43. The number of hydrogen-bond acceptors (Lipinski definition) is 5. The summed E-state index contributed by atoms with van der Waals surface area (Å²) in [6, 6.07) is 4.70. The molecule has 1 aliphatic rings. The monoisotopic (exact) mass is 339 g/mol. The molecule has 2 rings (SSSR count). The van der Waals surface area contributed by atoms with E-state index in [2.05, 4.69) is 0 Å². The van der Waals surface area contributed by atoms with Crippen molar-refractivity contribution in [3.8, 4) is 0 Å². The summed E-state index contributed by atoms with van der Waals surface area (Å²) in [4.78, 5) is 39.0. The van der Waals surface area contributed by atoms with Crippen LogP contribution in [0.3, 0.4) is 0 Å². The third-order valence-electron chi connectivity index (χ3n) is 3.82. The van der Waals surface area contributed by atoms with Crippen LogP contribution in [0.4, 0.5) is 5.69 Å². The first-order chi connectivity index (χ1) is 10.9. The molecule has 0 spiro atoms. The average molecular weight is 340 g/mol. The quantitative estimate of drug-likeness (QED) is 0.620. The SMILES string of the molecule is CCOC(=O)C1(C(=O)OCC)CC(=O)N(C)c2ccc(Cl)cc21. The molecule has 0 saturated carbocycles. The number of fused-ring (bicyclic) bond motifs is 1. The summed E-state index contributed by atoms with van der Waals surface area (Å²) >= 11 is 6.04. The number of halogens is 1. The molecule has 23 heavy (non-hydrogen) atoms. The van der Waals surface area contributed by atoms with Crippen molar-refractivity contribution >= 4 is 35.1 Å². The molecule has 0 aromatic heterocycles. The van der Waals surface area contributed by atoms with E-state index in [4.69, 9.17) is 21.1 Å². The van der Waals surface area contributed by atoms with Crippen molar-refractivity contribution in [2.75, 3.05) is 25.2 Å². The van der Waals surface area contributed by atoms with E-state index >= 15 is 0 Å². The van der Waals surface area contributed by atoms with Crippen LogP contribution in [0.25, 0.3) is 0 Å². The number of anilines is 1. The number of esters is 2. The third kappa shape index (κ3) is 2.79. The van der Waals surface area contributed by atoms with Crippen LogP contribution in [0.2, 0.25) is 5.02 Å². The first-order valence-electron chi connectivity index (χ1n) is 7.29. The highest BCUT2D eigenvalue weighted by molar-refractivity contribution is 6.31. The van der Waals surface area contributed by atoms with E-state index in [1.807, 2.05) is 0 Å². The van der Waals surface area contributed by atoms with Gasteiger partial charge in [-0.05, 0) is 32.0 Å². The van der Waals surface area contributed by atoms with Crippen molar-refractivity contribution in [2.45, 2.75) is 25.7 Å².